The Bertz CT molecular complexity index is 142. The normalized spacial score (nSPS) is 12.9. The Balaban J connectivity index is 3.70. The predicted octanol–water partition coefficient (Wildman–Crippen LogP) is 1.97. The molecular formula is C9H18N2S. The summed E-state index contributed by atoms with van der Waals surface area (Å²) in [6.45, 7) is 3.22. The van der Waals surface area contributed by atoms with E-state index in [2.05, 4.69) is 31.2 Å². The lowest BCUT2D eigenvalue weighted by molar-refractivity contribution is 0.253. The van der Waals surface area contributed by atoms with E-state index in [0.29, 0.717) is 12.5 Å². The lowest BCUT2D eigenvalue weighted by Gasteiger charge is -2.24. The molecule has 2 nitrogen and oxygen atoms in total. The molecule has 0 N–H and O–H groups in total. The van der Waals surface area contributed by atoms with E-state index < -0.39 is 0 Å². The minimum Gasteiger partial charge on any atom is -0.302 e. The Morgan fingerprint density at radius 2 is 2.25 bits per heavy atom. The molecule has 0 bridgehead atoms. The lowest BCUT2D eigenvalue weighted by Crippen LogP contribution is -2.32. The Hall–Kier alpha value is -0.200. The Morgan fingerprint density at radius 1 is 1.58 bits per heavy atom. The van der Waals surface area contributed by atoms with Gasteiger partial charge in [-0.1, -0.05) is 6.92 Å². The molecule has 0 aromatic heterocycles. The molecule has 12 heavy (non-hydrogen) atoms. The highest BCUT2D eigenvalue weighted by molar-refractivity contribution is 7.98. The van der Waals surface area contributed by atoms with Crippen LogP contribution in [0.3, 0.4) is 0 Å². The standard InChI is InChI=1S/C9H18N2S/c1-4-9(5-6-10)11(2)7-8-12-3/h9H,4-5,7-8H2,1-3H3. The zero-order chi connectivity index (χ0) is 9.40. The molecule has 0 fully saturated rings. The molecule has 70 valence electrons. The lowest BCUT2D eigenvalue weighted by atomic mass is 10.1. The van der Waals surface area contributed by atoms with E-state index in [9.17, 15) is 0 Å². The molecule has 0 saturated carbocycles. The molecule has 0 aliphatic rings. The van der Waals surface area contributed by atoms with Crippen molar-refractivity contribution in [1.82, 2.24) is 4.90 Å². The Morgan fingerprint density at radius 3 is 2.67 bits per heavy atom. The summed E-state index contributed by atoms with van der Waals surface area (Å²) in [6.07, 6.45) is 3.83. The topological polar surface area (TPSA) is 27.0 Å². The van der Waals surface area contributed by atoms with E-state index in [0.717, 1.165) is 18.7 Å². The highest BCUT2D eigenvalue weighted by Crippen LogP contribution is 2.06. The second-order valence-corrected chi connectivity index (χ2v) is 3.88. The molecule has 0 aliphatic heterocycles. The fourth-order valence-electron chi connectivity index (χ4n) is 1.14. The minimum atomic E-state index is 0.446. The summed E-state index contributed by atoms with van der Waals surface area (Å²) in [7, 11) is 2.10. The average molecular weight is 186 g/mol. The quantitative estimate of drug-likeness (QED) is 0.634. The minimum absolute atomic E-state index is 0.446. The predicted molar refractivity (Wildman–Crippen MR) is 55.3 cm³/mol. The van der Waals surface area contributed by atoms with E-state index in [-0.39, 0.29) is 0 Å². The van der Waals surface area contributed by atoms with Crippen molar-refractivity contribution in [3.05, 3.63) is 0 Å². The Labute approximate surface area is 79.9 Å². The highest BCUT2D eigenvalue weighted by atomic mass is 32.2. The maximum Gasteiger partial charge on any atom is 0.0638 e. The smallest absolute Gasteiger partial charge is 0.0638 e. The van der Waals surface area contributed by atoms with Gasteiger partial charge in [-0.3, -0.25) is 0 Å². The summed E-state index contributed by atoms with van der Waals surface area (Å²) in [5, 5.41) is 8.56. The van der Waals surface area contributed by atoms with Crippen LogP contribution in [0.2, 0.25) is 0 Å². The number of rotatable bonds is 6. The summed E-state index contributed by atoms with van der Waals surface area (Å²) >= 11 is 1.85. The van der Waals surface area contributed by atoms with Gasteiger partial charge in [0.25, 0.3) is 0 Å². The first-order valence-electron chi connectivity index (χ1n) is 4.32. The van der Waals surface area contributed by atoms with Crippen LogP contribution >= 0.6 is 11.8 Å². The molecule has 0 amide bonds. The van der Waals surface area contributed by atoms with Crippen molar-refractivity contribution < 1.29 is 0 Å². The molecule has 0 spiro atoms. The van der Waals surface area contributed by atoms with Crippen LogP contribution in [0.15, 0.2) is 0 Å². The van der Waals surface area contributed by atoms with E-state index >= 15 is 0 Å². The summed E-state index contributed by atoms with van der Waals surface area (Å²) in [6, 6.07) is 2.67. The third-order valence-corrected chi connectivity index (χ3v) is 2.66. The van der Waals surface area contributed by atoms with Crippen molar-refractivity contribution in [1.29, 1.82) is 5.26 Å². The molecule has 1 unspecified atom stereocenters. The van der Waals surface area contributed by atoms with Crippen LogP contribution in [0, 0.1) is 11.3 Å². The van der Waals surface area contributed by atoms with Crippen LogP contribution in [0.5, 0.6) is 0 Å². The van der Waals surface area contributed by atoms with Crippen LogP contribution in [0.25, 0.3) is 0 Å². The monoisotopic (exact) mass is 186 g/mol. The van der Waals surface area contributed by atoms with Gasteiger partial charge in [0.1, 0.15) is 0 Å². The number of hydrogen-bond donors (Lipinski definition) is 0. The third-order valence-electron chi connectivity index (χ3n) is 2.07. The molecule has 0 aromatic carbocycles. The molecule has 1 atom stereocenters. The summed E-state index contributed by atoms with van der Waals surface area (Å²) < 4.78 is 0. The van der Waals surface area contributed by atoms with E-state index in [1.807, 2.05) is 11.8 Å². The number of hydrogen-bond acceptors (Lipinski definition) is 3. The zero-order valence-corrected chi connectivity index (χ0v) is 9.02. The third kappa shape index (κ3) is 4.63. The van der Waals surface area contributed by atoms with Crippen molar-refractivity contribution >= 4 is 11.8 Å². The molecule has 0 aromatic rings. The van der Waals surface area contributed by atoms with Crippen LogP contribution in [0.1, 0.15) is 19.8 Å². The van der Waals surface area contributed by atoms with Crippen molar-refractivity contribution in [3.63, 3.8) is 0 Å². The Kier molecular flexibility index (Phi) is 7.33. The van der Waals surface area contributed by atoms with Gasteiger partial charge >= 0.3 is 0 Å². The highest BCUT2D eigenvalue weighted by Gasteiger charge is 2.10. The van der Waals surface area contributed by atoms with Gasteiger partial charge in [-0.15, -0.1) is 0 Å². The summed E-state index contributed by atoms with van der Waals surface area (Å²) in [5.41, 5.74) is 0. The van der Waals surface area contributed by atoms with Gasteiger partial charge < -0.3 is 4.90 Å². The molecule has 0 rings (SSSR count). The van der Waals surface area contributed by atoms with Gasteiger partial charge in [0, 0.05) is 18.3 Å². The fourth-order valence-corrected chi connectivity index (χ4v) is 1.61. The van der Waals surface area contributed by atoms with Crippen LogP contribution in [-0.2, 0) is 0 Å². The van der Waals surface area contributed by atoms with E-state index in [1.54, 1.807) is 0 Å². The molecule has 0 heterocycles. The first-order valence-corrected chi connectivity index (χ1v) is 5.71. The van der Waals surface area contributed by atoms with Crippen LogP contribution in [0.4, 0.5) is 0 Å². The second kappa shape index (κ2) is 7.45. The second-order valence-electron chi connectivity index (χ2n) is 2.90. The number of nitrogens with zero attached hydrogens (tertiary/aromatic N) is 2. The fraction of sp³-hybridized carbons (Fsp3) is 0.889. The van der Waals surface area contributed by atoms with Gasteiger partial charge in [-0.2, -0.15) is 17.0 Å². The summed E-state index contributed by atoms with van der Waals surface area (Å²) in [5.74, 6) is 1.15. The first kappa shape index (κ1) is 11.8. The van der Waals surface area contributed by atoms with Gasteiger partial charge in [-0.25, -0.2) is 0 Å². The zero-order valence-electron chi connectivity index (χ0n) is 8.21. The van der Waals surface area contributed by atoms with Crippen molar-refractivity contribution in [3.8, 4) is 6.07 Å². The van der Waals surface area contributed by atoms with Crippen molar-refractivity contribution in [2.45, 2.75) is 25.8 Å². The molecule has 0 aliphatic carbocycles. The van der Waals surface area contributed by atoms with E-state index in [1.165, 1.54) is 0 Å². The number of nitriles is 1. The molecule has 0 saturated heterocycles. The summed E-state index contributed by atoms with van der Waals surface area (Å²) in [4.78, 5) is 2.28. The average Bonchev–Trinajstić information content (AvgIpc) is 2.10. The van der Waals surface area contributed by atoms with Crippen molar-refractivity contribution in [2.75, 3.05) is 25.6 Å². The van der Waals surface area contributed by atoms with Gasteiger partial charge in [-0.05, 0) is 19.7 Å². The van der Waals surface area contributed by atoms with Crippen molar-refractivity contribution in [2.24, 2.45) is 0 Å². The maximum absolute atomic E-state index is 8.56. The molecular weight excluding hydrogens is 168 g/mol. The van der Waals surface area contributed by atoms with Gasteiger partial charge in [0.05, 0.1) is 12.5 Å². The van der Waals surface area contributed by atoms with Gasteiger partial charge in [0.15, 0.2) is 0 Å². The maximum atomic E-state index is 8.56. The number of thioether (sulfide) groups is 1. The SMILES string of the molecule is CCC(CC#N)N(C)CCSC. The molecule has 0 radical (unpaired) electrons. The first-order chi connectivity index (χ1) is 5.76. The van der Waals surface area contributed by atoms with Gasteiger partial charge in [0.2, 0.25) is 0 Å². The van der Waals surface area contributed by atoms with Crippen LogP contribution in [-0.4, -0.2) is 36.5 Å². The molecule has 3 heteroatoms. The van der Waals surface area contributed by atoms with Crippen LogP contribution < -0.4 is 0 Å². The largest absolute Gasteiger partial charge is 0.302 e. The van der Waals surface area contributed by atoms with E-state index in [4.69, 9.17) is 5.26 Å².